The topological polar surface area (TPSA) is 111 Å². The van der Waals surface area contributed by atoms with Crippen LogP contribution in [-0.4, -0.2) is 30.8 Å². The summed E-state index contributed by atoms with van der Waals surface area (Å²) in [6.45, 7) is 1.84. The molecule has 0 saturated carbocycles. The summed E-state index contributed by atoms with van der Waals surface area (Å²) in [7, 11) is 0. The van der Waals surface area contributed by atoms with Gasteiger partial charge < -0.3 is 0 Å². The van der Waals surface area contributed by atoms with Crippen molar-refractivity contribution >= 4 is 17.1 Å². The van der Waals surface area contributed by atoms with Gasteiger partial charge in [0.1, 0.15) is 6.33 Å². The minimum atomic E-state index is -0.447. The van der Waals surface area contributed by atoms with Gasteiger partial charge in [-0.2, -0.15) is 5.10 Å². The average molecular weight is 323 g/mol. The van der Waals surface area contributed by atoms with Gasteiger partial charge in [-0.05, 0) is 41.1 Å². The largest absolute Gasteiger partial charge is 0.278 e. The number of tetrazole rings is 1. The van der Waals surface area contributed by atoms with Crippen molar-refractivity contribution in [2.24, 2.45) is 5.10 Å². The van der Waals surface area contributed by atoms with Crippen LogP contribution >= 0.6 is 0 Å². The molecule has 0 radical (unpaired) electrons. The molecule has 0 saturated heterocycles. The zero-order valence-electron chi connectivity index (χ0n) is 12.7. The lowest BCUT2D eigenvalue weighted by atomic mass is 10.1. The van der Waals surface area contributed by atoms with E-state index in [9.17, 15) is 10.1 Å². The van der Waals surface area contributed by atoms with Crippen LogP contribution in [0.5, 0.6) is 0 Å². The molecule has 1 aromatic heterocycles. The van der Waals surface area contributed by atoms with Gasteiger partial charge in [-0.1, -0.05) is 18.2 Å². The van der Waals surface area contributed by atoms with E-state index in [-0.39, 0.29) is 5.69 Å². The zero-order valence-corrected chi connectivity index (χ0v) is 12.7. The highest BCUT2D eigenvalue weighted by Gasteiger charge is 2.06. The van der Waals surface area contributed by atoms with Crippen LogP contribution in [0.25, 0.3) is 5.69 Å². The van der Waals surface area contributed by atoms with Crippen molar-refractivity contribution in [3.05, 3.63) is 70.5 Å². The number of non-ortho nitro benzene ring substituents is 1. The normalized spacial score (nSPS) is 11.3. The first-order valence-electron chi connectivity index (χ1n) is 7.02. The minimum absolute atomic E-state index is 0.00790. The Morgan fingerprint density at radius 3 is 2.83 bits per heavy atom. The molecule has 120 valence electrons. The molecule has 0 amide bonds. The van der Waals surface area contributed by atoms with Crippen LogP contribution in [-0.2, 0) is 0 Å². The summed E-state index contributed by atoms with van der Waals surface area (Å²) in [6, 6.07) is 13.7. The van der Waals surface area contributed by atoms with Gasteiger partial charge in [0, 0.05) is 12.1 Å². The highest BCUT2D eigenvalue weighted by Crippen LogP contribution is 2.17. The number of anilines is 1. The lowest BCUT2D eigenvalue weighted by Gasteiger charge is -2.06. The van der Waals surface area contributed by atoms with Crippen molar-refractivity contribution in [2.45, 2.75) is 6.92 Å². The highest BCUT2D eigenvalue weighted by atomic mass is 16.6. The smallest absolute Gasteiger partial charge is 0.271 e. The summed E-state index contributed by atoms with van der Waals surface area (Å²) in [6.07, 6.45) is 1.51. The molecular weight excluding hydrogens is 310 g/mol. The predicted molar refractivity (Wildman–Crippen MR) is 88.1 cm³/mol. The van der Waals surface area contributed by atoms with E-state index in [4.69, 9.17) is 0 Å². The van der Waals surface area contributed by atoms with Gasteiger partial charge in [-0.3, -0.25) is 15.5 Å². The summed E-state index contributed by atoms with van der Waals surface area (Å²) >= 11 is 0. The lowest BCUT2D eigenvalue weighted by molar-refractivity contribution is -0.384. The van der Waals surface area contributed by atoms with Crippen LogP contribution in [0, 0.1) is 10.1 Å². The number of aromatic nitrogens is 4. The number of hydrogen-bond acceptors (Lipinski definition) is 7. The van der Waals surface area contributed by atoms with Crippen molar-refractivity contribution in [3.63, 3.8) is 0 Å². The number of rotatable bonds is 5. The van der Waals surface area contributed by atoms with Crippen LogP contribution in [0.1, 0.15) is 12.5 Å². The lowest BCUT2D eigenvalue weighted by Crippen LogP contribution is -2.02. The van der Waals surface area contributed by atoms with E-state index in [0.29, 0.717) is 5.69 Å². The van der Waals surface area contributed by atoms with Gasteiger partial charge in [0.15, 0.2) is 0 Å². The summed E-state index contributed by atoms with van der Waals surface area (Å²) < 4.78 is 1.55. The monoisotopic (exact) mass is 323 g/mol. The summed E-state index contributed by atoms with van der Waals surface area (Å²) in [5.74, 6) is 0. The van der Waals surface area contributed by atoms with E-state index in [0.717, 1.165) is 17.0 Å². The molecule has 24 heavy (non-hydrogen) atoms. The van der Waals surface area contributed by atoms with Gasteiger partial charge in [0.05, 0.1) is 22.0 Å². The van der Waals surface area contributed by atoms with Crippen LogP contribution in [0.3, 0.4) is 0 Å². The fourth-order valence-electron chi connectivity index (χ4n) is 2.06. The van der Waals surface area contributed by atoms with E-state index in [1.807, 2.05) is 31.2 Å². The highest BCUT2D eigenvalue weighted by molar-refractivity contribution is 5.99. The first kappa shape index (κ1) is 15.3. The number of hydrogen-bond donors (Lipinski definition) is 1. The maximum Gasteiger partial charge on any atom is 0.271 e. The molecule has 3 aromatic rings. The number of nitro groups is 1. The Bertz CT molecular complexity index is 890. The Hall–Kier alpha value is -3.62. The third-order valence-electron chi connectivity index (χ3n) is 3.29. The molecule has 0 bridgehead atoms. The molecule has 0 aliphatic rings. The Morgan fingerprint density at radius 2 is 2.08 bits per heavy atom. The van der Waals surface area contributed by atoms with Crippen molar-refractivity contribution in [3.8, 4) is 5.69 Å². The number of benzene rings is 2. The van der Waals surface area contributed by atoms with E-state index < -0.39 is 4.92 Å². The van der Waals surface area contributed by atoms with Crippen LogP contribution in [0.4, 0.5) is 11.4 Å². The maximum atomic E-state index is 10.8. The molecule has 0 unspecified atom stereocenters. The van der Waals surface area contributed by atoms with Gasteiger partial charge >= 0.3 is 0 Å². The second-order valence-electron chi connectivity index (χ2n) is 4.92. The first-order chi connectivity index (χ1) is 11.6. The summed E-state index contributed by atoms with van der Waals surface area (Å²) in [5.41, 5.74) is 5.78. The number of nitro benzene ring substituents is 1. The van der Waals surface area contributed by atoms with Gasteiger partial charge in [0.25, 0.3) is 5.69 Å². The quantitative estimate of drug-likeness (QED) is 0.438. The van der Waals surface area contributed by atoms with Gasteiger partial charge in [-0.15, -0.1) is 5.10 Å². The van der Waals surface area contributed by atoms with Crippen molar-refractivity contribution in [1.29, 1.82) is 0 Å². The van der Waals surface area contributed by atoms with E-state index >= 15 is 0 Å². The van der Waals surface area contributed by atoms with E-state index in [1.165, 1.54) is 18.5 Å². The Balaban J connectivity index is 1.80. The average Bonchev–Trinajstić information content (AvgIpc) is 3.15. The third kappa shape index (κ3) is 3.40. The van der Waals surface area contributed by atoms with Crippen LogP contribution in [0.15, 0.2) is 60.0 Å². The van der Waals surface area contributed by atoms with Crippen molar-refractivity contribution in [2.75, 3.05) is 5.43 Å². The van der Waals surface area contributed by atoms with Crippen LogP contribution < -0.4 is 5.43 Å². The second kappa shape index (κ2) is 6.65. The SMILES string of the molecule is C/C(=N/Nc1cccc([N+](=O)[O-])c1)c1cccc(-n2cnnn2)c1. The molecule has 0 aliphatic carbocycles. The molecule has 0 spiro atoms. The Labute approximate surface area is 136 Å². The molecule has 9 heteroatoms. The molecule has 9 nitrogen and oxygen atoms in total. The van der Waals surface area contributed by atoms with Crippen molar-refractivity contribution in [1.82, 2.24) is 20.2 Å². The number of nitrogens with one attached hydrogen (secondary N) is 1. The minimum Gasteiger partial charge on any atom is -0.278 e. The number of nitrogens with zero attached hydrogens (tertiary/aromatic N) is 6. The molecule has 1 heterocycles. The Kier molecular flexibility index (Phi) is 4.23. The summed E-state index contributed by atoms with van der Waals surface area (Å²) in [4.78, 5) is 10.3. The molecule has 1 N–H and O–H groups in total. The first-order valence-corrected chi connectivity index (χ1v) is 7.02. The molecular formula is C15H13N7O2. The van der Waals surface area contributed by atoms with Gasteiger partial charge in [-0.25, -0.2) is 4.68 Å². The van der Waals surface area contributed by atoms with Crippen LogP contribution in [0.2, 0.25) is 0 Å². The fraction of sp³-hybridized carbons (Fsp3) is 0.0667. The fourth-order valence-corrected chi connectivity index (χ4v) is 2.06. The second-order valence-corrected chi connectivity index (χ2v) is 4.92. The van der Waals surface area contributed by atoms with Gasteiger partial charge in [0.2, 0.25) is 0 Å². The zero-order chi connectivity index (χ0) is 16.9. The van der Waals surface area contributed by atoms with E-state index in [2.05, 4.69) is 26.1 Å². The van der Waals surface area contributed by atoms with Crippen molar-refractivity contribution < 1.29 is 4.92 Å². The molecule has 0 fully saturated rings. The maximum absolute atomic E-state index is 10.8. The standard InChI is InChI=1S/C15H13N7O2/c1-11(17-18-13-5-3-7-15(9-13)22(23)24)12-4-2-6-14(8-12)21-10-16-19-20-21/h2-10,18H,1H3/b17-11-. The predicted octanol–water partition coefficient (Wildman–Crippen LogP) is 2.41. The Morgan fingerprint density at radius 1 is 1.25 bits per heavy atom. The summed E-state index contributed by atoms with van der Waals surface area (Å²) in [5, 5.41) is 26.1. The molecule has 2 aromatic carbocycles. The molecule has 0 aliphatic heterocycles. The molecule has 0 atom stereocenters. The third-order valence-corrected chi connectivity index (χ3v) is 3.29. The van der Waals surface area contributed by atoms with E-state index in [1.54, 1.807) is 16.8 Å². The molecule has 3 rings (SSSR count). The number of hydrazone groups is 1.